The molecule has 0 aliphatic carbocycles. The molecule has 0 spiro atoms. The Labute approximate surface area is 196 Å². The lowest BCUT2D eigenvalue weighted by Crippen LogP contribution is -2.19. The van der Waals surface area contributed by atoms with Crippen molar-refractivity contribution in [1.82, 2.24) is 9.55 Å². The number of hydrogen-bond donors (Lipinski definition) is 2. The van der Waals surface area contributed by atoms with E-state index in [0.717, 1.165) is 11.3 Å². The molecular weight excluding hydrogens is 434 g/mol. The van der Waals surface area contributed by atoms with Crippen molar-refractivity contribution in [3.8, 4) is 22.9 Å². The van der Waals surface area contributed by atoms with Crippen molar-refractivity contribution in [2.75, 3.05) is 19.5 Å². The number of anilines is 1. The molecule has 4 aromatic rings. The van der Waals surface area contributed by atoms with Crippen LogP contribution in [0.15, 0.2) is 77.7 Å². The Hall–Kier alpha value is -4.46. The van der Waals surface area contributed by atoms with Crippen molar-refractivity contribution in [3.05, 3.63) is 100 Å². The highest BCUT2D eigenvalue weighted by Crippen LogP contribution is 2.39. The molecule has 0 bridgehead atoms. The predicted molar refractivity (Wildman–Crippen MR) is 129 cm³/mol. The third kappa shape index (κ3) is 4.66. The van der Waals surface area contributed by atoms with Crippen molar-refractivity contribution < 1.29 is 19.0 Å². The quantitative estimate of drug-likeness (QED) is 0.409. The van der Waals surface area contributed by atoms with Crippen LogP contribution in [0.5, 0.6) is 17.2 Å². The molecule has 3 aromatic carbocycles. The smallest absolute Gasteiger partial charge is 0.330 e. The first-order valence-electron chi connectivity index (χ1n) is 10.6. The molecule has 0 saturated heterocycles. The number of hydrogen-bond acceptors (Lipinski definition) is 5. The minimum absolute atomic E-state index is 0.289. The maximum Gasteiger partial charge on any atom is 0.330 e. The minimum atomic E-state index is -0.389. The Bertz CT molecular complexity index is 1330. The van der Waals surface area contributed by atoms with Gasteiger partial charge in [-0.1, -0.05) is 42.5 Å². The lowest BCUT2D eigenvalue weighted by atomic mass is 10.1. The number of carbonyl (C=O) groups excluding carboxylic acids is 1. The van der Waals surface area contributed by atoms with E-state index in [9.17, 15) is 9.59 Å². The van der Waals surface area contributed by atoms with Gasteiger partial charge < -0.3 is 24.5 Å². The number of H-pyrrole nitrogens is 1. The highest BCUT2D eigenvalue weighted by molar-refractivity contribution is 6.06. The Balaban J connectivity index is 1.63. The van der Waals surface area contributed by atoms with Crippen LogP contribution in [0, 0.1) is 6.92 Å². The largest absolute Gasteiger partial charge is 0.493 e. The van der Waals surface area contributed by atoms with E-state index in [1.54, 1.807) is 49.5 Å². The summed E-state index contributed by atoms with van der Waals surface area (Å²) in [5, 5.41) is 2.89. The monoisotopic (exact) mass is 459 g/mol. The molecule has 4 rings (SSSR count). The van der Waals surface area contributed by atoms with E-state index < -0.39 is 0 Å². The van der Waals surface area contributed by atoms with Gasteiger partial charge in [-0.2, -0.15) is 0 Å². The van der Waals surface area contributed by atoms with E-state index in [2.05, 4.69) is 10.3 Å². The van der Waals surface area contributed by atoms with Crippen LogP contribution < -0.4 is 25.2 Å². The van der Waals surface area contributed by atoms with E-state index in [4.69, 9.17) is 14.2 Å². The lowest BCUT2D eigenvalue weighted by molar-refractivity contribution is 0.102. The first-order valence-corrected chi connectivity index (χ1v) is 10.6. The van der Waals surface area contributed by atoms with E-state index in [-0.39, 0.29) is 11.6 Å². The van der Waals surface area contributed by atoms with Gasteiger partial charge in [-0.3, -0.25) is 9.36 Å². The molecule has 34 heavy (non-hydrogen) atoms. The molecule has 1 heterocycles. The van der Waals surface area contributed by atoms with Crippen LogP contribution >= 0.6 is 0 Å². The number of nitrogens with zero attached hydrogens (tertiary/aromatic N) is 1. The number of methoxy groups -OCH3 is 2. The highest BCUT2D eigenvalue weighted by Gasteiger charge is 2.19. The average Bonchev–Trinajstić information content (AvgIpc) is 3.20. The Morgan fingerprint density at radius 2 is 1.62 bits per heavy atom. The molecule has 1 amide bonds. The molecule has 0 atom stereocenters. The number of imidazole rings is 1. The maximum atomic E-state index is 13.2. The molecule has 0 radical (unpaired) electrons. The molecule has 174 valence electrons. The zero-order valence-corrected chi connectivity index (χ0v) is 19.1. The zero-order chi connectivity index (χ0) is 24.1. The third-order valence-corrected chi connectivity index (χ3v) is 5.30. The summed E-state index contributed by atoms with van der Waals surface area (Å²) in [5.74, 6) is 0.748. The summed E-state index contributed by atoms with van der Waals surface area (Å²) in [6, 6.07) is 20.0. The highest BCUT2D eigenvalue weighted by atomic mass is 16.5. The second kappa shape index (κ2) is 9.99. The van der Waals surface area contributed by atoms with Gasteiger partial charge in [0.1, 0.15) is 6.61 Å². The number of aryl methyl sites for hydroxylation is 1. The molecule has 2 N–H and O–H groups in total. The number of benzene rings is 3. The van der Waals surface area contributed by atoms with E-state index >= 15 is 0 Å². The number of aromatic nitrogens is 2. The fraction of sp³-hybridized carbons (Fsp3) is 0.154. The molecule has 8 heteroatoms. The summed E-state index contributed by atoms with van der Waals surface area (Å²) < 4.78 is 18.5. The molecule has 0 unspecified atom stereocenters. The Morgan fingerprint density at radius 3 is 2.24 bits per heavy atom. The molecule has 0 fully saturated rings. The summed E-state index contributed by atoms with van der Waals surface area (Å²) >= 11 is 0. The molecular formula is C26H25N3O5. The normalized spacial score (nSPS) is 10.6. The topological polar surface area (TPSA) is 94.6 Å². The van der Waals surface area contributed by atoms with Gasteiger partial charge in [0.05, 0.1) is 25.6 Å². The van der Waals surface area contributed by atoms with Crippen molar-refractivity contribution >= 4 is 11.6 Å². The summed E-state index contributed by atoms with van der Waals surface area (Å²) in [4.78, 5) is 28.1. The Kier molecular flexibility index (Phi) is 6.68. The molecule has 1 aromatic heterocycles. The van der Waals surface area contributed by atoms with Crippen molar-refractivity contribution in [3.63, 3.8) is 0 Å². The van der Waals surface area contributed by atoms with Gasteiger partial charge in [0.2, 0.25) is 5.75 Å². The van der Waals surface area contributed by atoms with Gasteiger partial charge in [-0.05, 0) is 36.8 Å². The van der Waals surface area contributed by atoms with Gasteiger partial charge in [0, 0.05) is 17.5 Å². The van der Waals surface area contributed by atoms with Crippen LogP contribution in [-0.2, 0) is 6.61 Å². The molecule has 8 nitrogen and oxygen atoms in total. The number of rotatable bonds is 8. The summed E-state index contributed by atoms with van der Waals surface area (Å²) in [5.41, 5.74) is 2.77. The van der Waals surface area contributed by atoms with Crippen molar-refractivity contribution in [1.29, 1.82) is 0 Å². The van der Waals surface area contributed by atoms with Gasteiger partial charge in [0.25, 0.3) is 5.91 Å². The summed E-state index contributed by atoms with van der Waals surface area (Å²) in [6.07, 6.45) is 1.62. The van der Waals surface area contributed by atoms with E-state index in [1.165, 1.54) is 18.8 Å². The maximum absolute atomic E-state index is 13.2. The predicted octanol–water partition coefficient (Wildman–Crippen LogP) is 4.32. The lowest BCUT2D eigenvalue weighted by Gasteiger charge is -2.17. The number of para-hydroxylation sites is 2. The third-order valence-electron chi connectivity index (χ3n) is 5.30. The van der Waals surface area contributed by atoms with Gasteiger partial charge in [-0.15, -0.1) is 0 Å². The first-order chi connectivity index (χ1) is 16.5. The fourth-order valence-electron chi connectivity index (χ4n) is 3.61. The van der Waals surface area contributed by atoms with Crippen LogP contribution in [-0.4, -0.2) is 29.7 Å². The van der Waals surface area contributed by atoms with Crippen LogP contribution in [0.4, 0.5) is 5.69 Å². The van der Waals surface area contributed by atoms with Crippen LogP contribution in [0.25, 0.3) is 5.69 Å². The van der Waals surface area contributed by atoms with Gasteiger partial charge >= 0.3 is 5.69 Å². The number of amides is 1. The van der Waals surface area contributed by atoms with E-state index in [1.807, 2.05) is 30.3 Å². The van der Waals surface area contributed by atoms with Gasteiger partial charge in [-0.25, -0.2) is 4.79 Å². The zero-order valence-electron chi connectivity index (χ0n) is 19.1. The summed E-state index contributed by atoms with van der Waals surface area (Å²) in [6.45, 7) is 2.12. The van der Waals surface area contributed by atoms with Crippen LogP contribution in [0.2, 0.25) is 0 Å². The van der Waals surface area contributed by atoms with Crippen LogP contribution in [0.1, 0.15) is 21.6 Å². The second-order valence-electron chi connectivity index (χ2n) is 7.53. The minimum Gasteiger partial charge on any atom is -0.493 e. The number of carbonyl (C=O) groups is 1. The number of ether oxygens (including phenoxy) is 3. The first kappa shape index (κ1) is 22.7. The average molecular weight is 460 g/mol. The fourth-order valence-corrected chi connectivity index (χ4v) is 3.61. The SMILES string of the molecule is COc1cc(C(=O)Nc2ccccc2-n2c(C)c[nH]c2=O)cc(OC)c1OCc1ccccc1. The molecule has 0 aliphatic heterocycles. The van der Waals surface area contributed by atoms with E-state index in [0.29, 0.717) is 40.8 Å². The number of nitrogens with one attached hydrogen (secondary N) is 2. The van der Waals surface area contributed by atoms with Gasteiger partial charge in [0.15, 0.2) is 11.5 Å². The van der Waals surface area contributed by atoms with Crippen molar-refractivity contribution in [2.24, 2.45) is 0 Å². The molecule has 0 saturated carbocycles. The van der Waals surface area contributed by atoms with Crippen molar-refractivity contribution in [2.45, 2.75) is 13.5 Å². The number of aromatic amines is 1. The second-order valence-corrected chi connectivity index (χ2v) is 7.53. The Morgan fingerprint density at radius 1 is 0.971 bits per heavy atom. The van der Waals surface area contributed by atoms with Crippen LogP contribution in [0.3, 0.4) is 0 Å². The summed E-state index contributed by atoms with van der Waals surface area (Å²) in [7, 11) is 3.00. The standard InChI is InChI=1S/C26H25N3O5/c1-17-15-27-26(31)29(17)21-12-8-7-11-20(21)28-25(30)19-13-22(32-2)24(23(14-19)33-3)34-16-18-9-5-4-6-10-18/h4-15H,16H2,1-3H3,(H,27,31)(H,28,30). The molecule has 0 aliphatic rings.